The summed E-state index contributed by atoms with van der Waals surface area (Å²) in [6, 6.07) is 2.64. The molecule has 0 bridgehead atoms. The molecule has 0 saturated carbocycles. The molecule has 0 radical (unpaired) electrons. The third kappa shape index (κ3) is 3.07. The minimum Gasteiger partial charge on any atom is -0.320 e. The molecule has 0 aromatic carbocycles. The third-order valence-corrected chi connectivity index (χ3v) is 2.78. The smallest absolute Gasteiger partial charge is 0.320 e. The zero-order valence-electron chi connectivity index (χ0n) is 9.60. The number of urea groups is 1. The summed E-state index contributed by atoms with van der Waals surface area (Å²) in [5.74, 6) is -0.473. The Kier molecular flexibility index (Phi) is 3.94. The molecule has 0 spiro atoms. The van der Waals surface area contributed by atoms with Gasteiger partial charge in [-0.15, -0.1) is 0 Å². The van der Waals surface area contributed by atoms with Crippen molar-refractivity contribution < 1.29 is 9.59 Å². The molecule has 2 rings (SSSR count). The molecule has 1 N–H and O–H groups in total. The molecule has 1 aliphatic rings. The molecule has 0 aliphatic carbocycles. The van der Waals surface area contributed by atoms with Crippen LogP contribution in [0.5, 0.6) is 0 Å². The van der Waals surface area contributed by atoms with E-state index in [4.69, 9.17) is 11.6 Å². The van der Waals surface area contributed by atoms with E-state index in [1.165, 1.54) is 18.3 Å². The standard InChI is InChI=1S/C12H12ClN3O2/c13-10-5-4-9(8-14-10)11(17)15-12(18)16-6-2-1-3-7-16/h1-2,4-5,8H,3,6-7H2,(H,15,17,18). The summed E-state index contributed by atoms with van der Waals surface area (Å²) in [4.78, 5) is 28.9. The van der Waals surface area contributed by atoms with E-state index in [0.717, 1.165) is 6.42 Å². The zero-order chi connectivity index (χ0) is 13.0. The van der Waals surface area contributed by atoms with E-state index >= 15 is 0 Å². The number of nitrogens with one attached hydrogen (secondary N) is 1. The molecule has 18 heavy (non-hydrogen) atoms. The van der Waals surface area contributed by atoms with Crippen LogP contribution in [-0.4, -0.2) is 34.9 Å². The lowest BCUT2D eigenvalue weighted by Crippen LogP contribution is -2.44. The SMILES string of the molecule is O=C(NC(=O)N1CC=CCC1)c1ccc(Cl)nc1. The van der Waals surface area contributed by atoms with Crippen molar-refractivity contribution in [1.29, 1.82) is 0 Å². The minimum atomic E-state index is -0.473. The zero-order valence-corrected chi connectivity index (χ0v) is 10.4. The van der Waals surface area contributed by atoms with Crippen molar-refractivity contribution in [3.05, 3.63) is 41.2 Å². The molecular formula is C12H12ClN3O2. The molecule has 94 valence electrons. The molecule has 6 heteroatoms. The number of nitrogens with zero attached hydrogens (tertiary/aromatic N) is 2. The summed E-state index contributed by atoms with van der Waals surface area (Å²) in [7, 11) is 0. The minimum absolute atomic E-state index is 0.305. The maximum Gasteiger partial charge on any atom is 0.324 e. The second kappa shape index (κ2) is 5.64. The van der Waals surface area contributed by atoms with Crippen LogP contribution in [-0.2, 0) is 0 Å². The first-order valence-electron chi connectivity index (χ1n) is 5.53. The summed E-state index contributed by atoms with van der Waals surface area (Å²) < 4.78 is 0. The molecule has 3 amide bonds. The highest BCUT2D eigenvalue weighted by Crippen LogP contribution is 2.06. The van der Waals surface area contributed by atoms with Crippen molar-refractivity contribution in [3.63, 3.8) is 0 Å². The van der Waals surface area contributed by atoms with Gasteiger partial charge < -0.3 is 4.90 Å². The van der Waals surface area contributed by atoms with E-state index in [2.05, 4.69) is 10.3 Å². The fraction of sp³-hybridized carbons (Fsp3) is 0.250. The Morgan fingerprint density at radius 1 is 1.33 bits per heavy atom. The molecule has 0 atom stereocenters. The van der Waals surface area contributed by atoms with Crippen LogP contribution in [0, 0.1) is 0 Å². The number of carbonyl (C=O) groups excluding carboxylic acids is 2. The number of amides is 3. The van der Waals surface area contributed by atoms with Crippen LogP contribution in [0.3, 0.4) is 0 Å². The van der Waals surface area contributed by atoms with E-state index in [1.807, 2.05) is 12.2 Å². The summed E-state index contributed by atoms with van der Waals surface area (Å²) in [5.41, 5.74) is 0.306. The Balaban J connectivity index is 1.96. The van der Waals surface area contributed by atoms with Gasteiger partial charge >= 0.3 is 6.03 Å². The normalized spacial score (nSPS) is 14.4. The van der Waals surface area contributed by atoms with Gasteiger partial charge in [0.15, 0.2) is 0 Å². The number of imide groups is 1. The fourth-order valence-corrected chi connectivity index (χ4v) is 1.70. The van der Waals surface area contributed by atoms with Crippen LogP contribution in [0.1, 0.15) is 16.8 Å². The number of carbonyl (C=O) groups is 2. The van der Waals surface area contributed by atoms with Gasteiger partial charge in [0, 0.05) is 19.3 Å². The van der Waals surface area contributed by atoms with Crippen LogP contribution in [0.25, 0.3) is 0 Å². The Morgan fingerprint density at radius 3 is 2.78 bits per heavy atom. The summed E-state index contributed by atoms with van der Waals surface area (Å²) in [6.07, 6.45) is 6.05. The van der Waals surface area contributed by atoms with Gasteiger partial charge in [-0.25, -0.2) is 9.78 Å². The van der Waals surface area contributed by atoms with Crippen molar-refractivity contribution in [2.24, 2.45) is 0 Å². The van der Waals surface area contributed by atoms with Gasteiger partial charge in [0.1, 0.15) is 5.15 Å². The molecule has 5 nitrogen and oxygen atoms in total. The average molecular weight is 266 g/mol. The van der Waals surface area contributed by atoms with Crippen molar-refractivity contribution in [3.8, 4) is 0 Å². The van der Waals surface area contributed by atoms with Crippen LogP contribution in [0.2, 0.25) is 5.15 Å². The van der Waals surface area contributed by atoms with E-state index in [9.17, 15) is 9.59 Å². The van der Waals surface area contributed by atoms with Crippen molar-refractivity contribution in [1.82, 2.24) is 15.2 Å². The van der Waals surface area contributed by atoms with Crippen molar-refractivity contribution >= 4 is 23.5 Å². The maximum absolute atomic E-state index is 11.8. The highest BCUT2D eigenvalue weighted by molar-refractivity contribution is 6.29. The van der Waals surface area contributed by atoms with Gasteiger partial charge in [0.2, 0.25) is 0 Å². The highest BCUT2D eigenvalue weighted by Gasteiger charge is 2.17. The average Bonchev–Trinajstić information content (AvgIpc) is 2.40. The number of halogens is 1. The molecule has 1 aromatic rings. The van der Waals surface area contributed by atoms with Crippen molar-refractivity contribution in [2.75, 3.05) is 13.1 Å². The van der Waals surface area contributed by atoms with Crippen molar-refractivity contribution in [2.45, 2.75) is 6.42 Å². The fourth-order valence-electron chi connectivity index (χ4n) is 1.58. The highest BCUT2D eigenvalue weighted by atomic mass is 35.5. The van der Waals surface area contributed by atoms with E-state index in [1.54, 1.807) is 4.90 Å². The van der Waals surface area contributed by atoms with Gasteiger partial charge in [0.05, 0.1) is 5.56 Å². The topological polar surface area (TPSA) is 62.3 Å². The predicted molar refractivity (Wildman–Crippen MR) is 67.4 cm³/mol. The Hall–Kier alpha value is -1.88. The van der Waals surface area contributed by atoms with Crippen LogP contribution < -0.4 is 5.32 Å². The summed E-state index contributed by atoms with van der Waals surface area (Å²) in [6.45, 7) is 1.15. The number of hydrogen-bond donors (Lipinski definition) is 1. The number of rotatable bonds is 1. The molecule has 1 aromatic heterocycles. The largest absolute Gasteiger partial charge is 0.324 e. The van der Waals surface area contributed by atoms with Crippen LogP contribution in [0.15, 0.2) is 30.5 Å². The molecular weight excluding hydrogens is 254 g/mol. The number of aromatic nitrogens is 1. The van der Waals surface area contributed by atoms with Gasteiger partial charge in [-0.2, -0.15) is 0 Å². The Labute approximate surface area is 109 Å². The number of pyridine rings is 1. The third-order valence-electron chi connectivity index (χ3n) is 2.56. The predicted octanol–water partition coefficient (Wildman–Crippen LogP) is 1.85. The Morgan fingerprint density at radius 2 is 2.17 bits per heavy atom. The lowest BCUT2D eigenvalue weighted by atomic mass is 10.2. The molecule has 1 aliphatic heterocycles. The van der Waals surface area contributed by atoms with Crippen LogP contribution >= 0.6 is 11.6 Å². The van der Waals surface area contributed by atoms with Gasteiger partial charge in [-0.05, 0) is 18.6 Å². The van der Waals surface area contributed by atoms with Gasteiger partial charge in [-0.3, -0.25) is 10.1 Å². The molecule has 0 fully saturated rings. The van der Waals surface area contributed by atoms with Crippen LogP contribution in [0.4, 0.5) is 4.79 Å². The first-order chi connectivity index (χ1) is 8.66. The van der Waals surface area contributed by atoms with E-state index in [-0.39, 0.29) is 6.03 Å². The van der Waals surface area contributed by atoms with E-state index < -0.39 is 5.91 Å². The van der Waals surface area contributed by atoms with Gasteiger partial charge in [0.25, 0.3) is 5.91 Å². The van der Waals surface area contributed by atoms with E-state index in [0.29, 0.717) is 23.8 Å². The lowest BCUT2D eigenvalue weighted by Gasteiger charge is -2.23. The second-order valence-electron chi connectivity index (χ2n) is 3.83. The molecule has 0 saturated heterocycles. The summed E-state index contributed by atoms with van der Waals surface area (Å²) >= 11 is 5.62. The summed E-state index contributed by atoms with van der Waals surface area (Å²) in [5, 5.41) is 2.62. The molecule has 2 heterocycles. The Bertz CT molecular complexity index is 485. The quantitative estimate of drug-likeness (QED) is 0.623. The first-order valence-corrected chi connectivity index (χ1v) is 5.91. The lowest BCUT2D eigenvalue weighted by molar-refractivity contribution is 0.0952. The first kappa shape index (κ1) is 12.6. The monoisotopic (exact) mass is 265 g/mol. The second-order valence-corrected chi connectivity index (χ2v) is 4.22. The maximum atomic E-state index is 11.8. The number of hydrogen-bond acceptors (Lipinski definition) is 3. The molecule has 0 unspecified atom stereocenters. The van der Waals surface area contributed by atoms with Gasteiger partial charge in [-0.1, -0.05) is 23.8 Å².